The largest absolute Gasteiger partial charge is 0.330 e. The fourth-order valence-electron chi connectivity index (χ4n) is 2.66. The van der Waals surface area contributed by atoms with E-state index in [2.05, 4.69) is 15.9 Å². The van der Waals surface area contributed by atoms with Gasteiger partial charge in [0.25, 0.3) is 5.91 Å². The molecule has 20 heavy (non-hydrogen) atoms. The van der Waals surface area contributed by atoms with Crippen LogP contribution in [-0.2, 0) is 13.1 Å². The van der Waals surface area contributed by atoms with E-state index in [9.17, 15) is 9.18 Å². The Bertz CT molecular complexity index is 699. The number of aryl methyl sites for hydroxylation is 1. The number of carbonyl (C=O) groups excluding carboxylic acids is 1. The van der Waals surface area contributed by atoms with Gasteiger partial charge in [-0.3, -0.25) is 4.79 Å². The first-order valence-electron chi connectivity index (χ1n) is 6.37. The van der Waals surface area contributed by atoms with E-state index in [-0.39, 0.29) is 11.7 Å². The van der Waals surface area contributed by atoms with E-state index in [1.807, 2.05) is 25.1 Å². The quantitative estimate of drug-likeness (QED) is 0.811. The molecule has 2 aromatic rings. The third-order valence-electron chi connectivity index (χ3n) is 3.51. The maximum Gasteiger partial charge on any atom is 0.255 e. The van der Waals surface area contributed by atoms with Crippen LogP contribution < -0.4 is 0 Å². The van der Waals surface area contributed by atoms with Crippen LogP contribution in [0.3, 0.4) is 0 Å². The van der Waals surface area contributed by atoms with Crippen LogP contribution in [0.15, 0.2) is 40.9 Å². The van der Waals surface area contributed by atoms with Crippen molar-refractivity contribution in [3.63, 3.8) is 0 Å². The molecule has 3 rings (SSSR count). The van der Waals surface area contributed by atoms with Crippen molar-refractivity contribution in [2.45, 2.75) is 20.0 Å². The second-order valence-corrected chi connectivity index (χ2v) is 5.96. The third kappa shape index (κ3) is 2.36. The molecule has 0 bridgehead atoms. The van der Waals surface area contributed by atoms with Crippen LogP contribution in [-0.4, -0.2) is 10.8 Å². The zero-order valence-electron chi connectivity index (χ0n) is 11.0. The van der Waals surface area contributed by atoms with E-state index in [0.29, 0.717) is 13.1 Å². The van der Waals surface area contributed by atoms with Gasteiger partial charge in [0, 0.05) is 23.1 Å². The van der Waals surface area contributed by atoms with Crippen LogP contribution in [0.4, 0.5) is 4.39 Å². The summed E-state index contributed by atoms with van der Waals surface area (Å²) in [7, 11) is 0. The summed E-state index contributed by atoms with van der Waals surface area (Å²) in [6.45, 7) is 2.94. The lowest BCUT2D eigenvalue weighted by Gasteiger charge is -2.15. The minimum Gasteiger partial charge on any atom is -0.330 e. The lowest BCUT2D eigenvalue weighted by Crippen LogP contribution is -2.23. The molecular weight excluding hydrogens is 321 g/mol. The molecule has 0 radical (unpaired) electrons. The van der Waals surface area contributed by atoms with E-state index in [1.54, 1.807) is 11.0 Å². The van der Waals surface area contributed by atoms with Gasteiger partial charge in [0.05, 0.1) is 0 Å². The highest BCUT2D eigenvalue weighted by atomic mass is 79.9. The van der Waals surface area contributed by atoms with E-state index in [4.69, 9.17) is 0 Å². The van der Waals surface area contributed by atoms with Crippen LogP contribution in [0.5, 0.6) is 0 Å². The van der Waals surface area contributed by atoms with Crippen LogP contribution in [0, 0.1) is 12.7 Å². The predicted octanol–water partition coefficient (Wildman–Crippen LogP) is 4.05. The number of benzene rings is 2. The number of hydrogen-bond acceptors (Lipinski definition) is 1. The van der Waals surface area contributed by atoms with Crippen molar-refractivity contribution >= 4 is 21.8 Å². The molecule has 0 aliphatic carbocycles. The second-order valence-electron chi connectivity index (χ2n) is 5.05. The van der Waals surface area contributed by atoms with E-state index in [0.717, 1.165) is 26.7 Å². The van der Waals surface area contributed by atoms with Gasteiger partial charge in [-0.2, -0.15) is 0 Å². The molecule has 102 valence electrons. The van der Waals surface area contributed by atoms with Gasteiger partial charge < -0.3 is 4.90 Å². The second kappa shape index (κ2) is 5.02. The Morgan fingerprint density at radius 2 is 2.10 bits per heavy atom. The first kappa shape index (κ1) is 13.3. The summed E-state index contributed by atoms with van der Waals surface area (Å²) in [4.78, 5) is 14.2. The molecule has 0 N–H and O–H groups in total. The molecule has 0 fully saturated rings. The molecule has 0 saturated carbocycles. The summed E-state index contributed by atoms with van der Waals surface area (Å²) in [5, 5.41) is 0. The molecule has 1 aliphatic rings. The molecule has 2 aromatic carbocycles. The minimum atomic E-state index is -0.273. The highest BCUT2D eigenvalue weighted by Gasteiger charge is 2.29. The van der Waals surface area contributed by atoms with Crippen LogP contribution >= 0.6 is 15.9 Å². The third-order valence-corrected chi connectivity index (χ3v) is 3.96. The standard InChI is InChI=1S/C16H13BrFNO/c1-10-5-13(17)7-12-9-19(16(20)15(10)12)8-11-3-2-4-14(18)6-11/h2-7H,8-9H2,1H3. The number of hydrogen-bond donors (Lipinski definition) is 0. The number of halogens is 2. The van der Waals surface area contributed by atoms with Crippen molar-refractivity contribution in [2.75, 3.05) is 0 Å². The van der Waals surface area contributed by atoms with Gasteiger partial charge in [0.1, 0.15) is 5.82 Å². The molecule has 4 heteroatoms. The molecule has 1 heterocycles. The zero-order valence-corrected chi connectivity index (χ0v) is 12.6. The molecule has 1 aliphatic heterocycles. The van der Waals surface area contributed by atoms with Crippen molar-refractivity contribution < 1.29 is 9.18 Å². The fourth-order valence-corrected chi connectivity index (χ4v) is 3.28. The van der Waals surface area contributed by atoms with Crippen LogP contribution in [0.1, 0.15) is 27.0 Å². The van der Waals surface area contributed by atoms with Gasteiger partial charge in [-0.1, -0.05) is 28.1 Å². The topological polar surface area (TPSA) is 20.3 Å². The molecule has 0 unspecified atom stereocenters. The van der Waals surface area contributed by atoms with Crippen molar-refractivity contribution in [3.05, 3.63) is 68.9 Å². The number of carbonyl (C=O) groups is 1. The van der Waals surface area contributed by atoms with E-state index >= 15 is 0 Å². The summed E-state index contributed by atoms with van der Waals surface area (Å²) in [6.07, 6.45) is 0. The van der Waals surface area contributed by atoms with Gasteiger partial charge >= 0.3 is 0 Å². The van der Waals surface area contributed by atoms with Gasteiger partial charge in [0.2, 0.25) is 0 Å². The Hall–Kier alpha value is -1.68. The first-order valence-corrected chi connectivity index (χ1v) is 7.16. The fraction of sp³-hybridized carbons (Fsp3) is 0.188. The van der Waals surface area contributed by atoms with E-state index in [1.165, 1.54) is 12.1 Å². The summed E-state index contributed by atoms with van der Waals surface area (Å²) < 4.78 is 14.2. The maximum atomic E-state index is 13.2. The van der Waals surface area contributed by atoms with Crippen molar-refractivity contribution in [1.82, 2.24) is 4.90 Å². The van der Waals surface area contributed by atoms with Gasteiger partial charge in [-0.05, 0) is 47.9 Å². The normalized spacial score (nSPS) is 13.8. The zero-order chi connectivity index (χ0) is 14.3. The molecular formula is C16H13BrFNO. The highest BCUT2D eigenvalue weighted by Crippen LogP contribution is 2.30. The first-order chi connectivity index (χ1) is 9.54. The Balaban J connectivity index is 1.89. The van der Waals surface area contributed by atoms with Crippen LogP contribution in [0.2, 0.25) is 0 Å². The Morgan fingerprint density at radius 1 is 1.30 bits per heavy atom. The SMILES string of the molecule is Cc1cc(Br)cc2c1C(=O)N(Cc1cccc(F)c1)C2. The minimum absolute atomic E-state index is 0.0225. The average molecular weight is 334 g/mol. The number of rotatable bonds is 2. The smallest absolute Gasteiger partial charge is 0.255 e. The molecule has 0 atom stereocenters. The Labute approximate surface area is 125 Å². The number of fused-ring (bicyclic) bond motifs is 1. The predicted molar refractivity (Wildman–Crippen MR) is 78.9 cm³/mol. The van der Waals surface area contributed by atoms with Gasteiger partial charge in [-0.15, -0.1) is 0 Å². The molecule has 2 nitrogen and oxygen atoms in total. The lowest BCUT2D eigenvalue weighted by molar-refractivity contribution is 0.0766. The number of amides is 1. The summed E-state index contributed by atoms with van der Waals surface area (Å²) >= 11 is 3.45. The monoisotopic (exact) mass is 333 g/mol. The molecule has 1 amide bonds. The molecule has 0 spiro atoms. The van der Waals surface area contributed by atoms with Crippen LogP contribution in [0.25, 0.3) is 0 Å². The van der Waals surface area contributed by atoms with Crippen molar-refractivity contribution in [2.24, 2.45) is 0 Å². The van der Waals surface area contributed by atoms with Gasteiger partial charge in [-0.25, -0.2) is 4.39 Å². The highest BCUT2D eigenvalue weighted by molar-refractivity contribution is 9.10. The summed E-state index contributed by atoms with van der Waals surface area (Å²) in [5.74, 6) is -0.250. The van der Waals surface area contributed by atoms with Gasteiger partial charge in [0.15, 0.2) is 0 Å². The number of nitrogens with zero attached hydrogens (tertiary/aromatic N) is 1. The van der Waals surface area contributed by atoms with Crippen molar-refractivity contribution in [1.29, 1.82) is 0 Å². The Kier molecular flexibility index (Phi) is 3.34. The summed E-state index contributed by atoms with van der Waals surface area (Å²) in [6, 6.07) is 10.3. The lowest BCUT2D eigenvalue weighted by atomic mass is 10.0. The summed E-state index contributed by atoms with van der Waals surface area (Å²) in [5.41, 5.74) is 3.59. The molecule has 0 saturated heterocycles. The Morgan fingerprint density at radius 3 is 2.85 bits per heavy atom. The van der Waals surface area contributed by atoms with E-state index < -0.39 is 0 Å². The van der Waals surface area contributed by atoms with Crippen molar-refractivity contribution in [3.8, 4) is 0 Å². The molecule has 0 aromatic heterocycles. The maximum absolute atomic E-state index is 13.2. The average Bonchev–Trinajstić information content (AvgIpc) is 2.66.